The van der Waals surface area contributed by atoms with Crippen molar-refractivity contribution >= 4 is 10.9 Å². The van der Waals surface area contributed by atoms with Gasteiger partial charge in [0.15, 0.2) is 0 Å². The van der Waals surface area contributed by atoms with E-state index in [9.17, 15) is 14.0 Å². The van der Waals surface area contributed by atoms with E-state index in [4.69, 9.17) is 0 Å². The summed E-state index contributed by atoms with van der Waals surface area (Å²) in [6.45, 7) is 1.94. The third-order valence-electron chi connectivity index (χ3n) is 3.74. The van der Waals surface area contributed by atoms with Crippen molar-refractivity contribution in [2.75, 3.05) is 0 Å². The number of hydrogen-bond acceptors (Lipinski definition) is 2. The van der Waals surface area contributed by atoms with E-state index in [0.717, 1.165) is 10.1 Å². The Kier molecular flexibility index (Phi) is 3.41. The van der Waals surface area contributed by atoms with Crippen molar-refractivity contribution in [2.45, 2.75) is 13.5 Å². The molecule has 0 amide bonds. The van der Waals surface area contributed by atoms with E-state index in [1.54, 1.807) is 31.3 Å². The van der Waals surface area contributed by atoms with Crippen molar-refractivity contribution in [3.8, 4) is 0 Å². The molecule has 0 radical (unpaired) electrons. The van der Waals surface area contributed by atoms with Crippen LogP contribution >= 0.6 is 0 Å². The predicted molar refractivity (Wildman–Crippen MR) is 83.7 cm³/mol. The summed E-state index contributed by atoms with van der Waals surface area (Å²) in [7, 11) is 1.63. The molecule has 0 unspecified atom stereocenters. The SMILES string of the molecule is Cc1ccc2c(c1)c(=O)n(Cc1cccc(F)c1)c(=O)n2C. The maximum Gasteiger partial charge on any atom is 0.331 e. The van der Waals surface area contributed by atoms with Gasteiger partial charge in [-0.2, -0.15) is 0 Å². The molecule has 1 aromatic heterocycles. The van der Waals surface area contributed by atoms with E-state index >= 15 is 0 Å². The van der Waals surface area contributed by atoms with Crippen LogP contribution in [0.15, 0.2) is 52.1 Å². The van der Waals surface area contributed by atoms with E-state index < -0.39 is 5.69 Å². The molecule has 0 bridgehead atoms. The van der Waals surface area contributed by atoms with Crippen molar-refractivity contribution < 1.29 is 4.39 Å². The Morgan fingerprint density at radius 3 is 2.59 bits per heavy atom. The van der Waals surface area contributed by atoms with Gasteiger partial charge in [-0.1, -0.05) is 23.8 Å². The standard InChI is InChI=1S/C17H15FN2O2/c1-11-6-7-15-14(8-11)16(21)20(17(22)19(15)2)10-12-4-3-5-13(18)9-12/h3-9H,10H2,1-2H3. The summed E-state index contributed by atoms with van der Waals surface area (Å²) in [5, 5.41) is 0.485. The summed E-state index contributed by atoms with van der Waals surface area (Å²) in [4.78, 5) is 25.0. The second-order valence-corrected chi connectivity index (χ2v) is 5.38. The fraction of sp³-hybridized carbons (Fsp3) is 0.176. The average Bonchev–Trinajstić information content (AvgIpc) is 2.49. The van der Waals surface area contributed by atoms with Gasteiger partial charge in [0.25, 0.3) is 5.56 Å². The molecule has 3 aromatic rings. The minimum Gasteiger partial charge on any atom is -0.296 e. The molecule has 0 aliphatic rings. The van der Waals surface area contributed by atoms with Crippen molar-refractivity contribution in [1.82, 2.24) is 9.13 Å². The highest BCUT2D eigenvalue weighted by Crippen LogP contribution is 2.10. The molecule has 0 saturated heterocycles. The van der Waals surface area contributed by atoms with Gasteiger partial charge in [0.05, 0.1) is 17.4 Å². The molecule has 22 heavy (non-hydrogen) atoms. The van der Waals surface area contributed by atoms with Gasteiger partial charge in [0.2, 0.25) is 0 Å². The zero-order chi connectivity index (χ0) is 15.9. The summed E-state index contributed by atoms with van der Waals surface area (Å²) in [6, 6.07) is 11.3. The van der Waals surface area contributed by atoms with E-state index in [2.05, 4.69) is 0 Å². The van der Waals surface area contributed by atoms with Crippen LogP contribution in [0, 0.1) is 12.7 Å². The van der Waals surface area contributed by atoms with Gasteiger partial charge in [-0.05, 0) is 36.8 Å². The maximum absolute atomic E-state index is 13.3. The molecule has 3 rings (SSSR count). The lowest BCUT2D eigenvalue weighted by Crippen LogP contribution is -2.39. The Morgan fingerprint density at radius 1 is 1.09 bits per heavy atom. The second-order valence-electron chi connectivity index (χ2n) is 5.38. The number of benzene rings is 2. The molecule has 2 aromatic carbocycles. The van der Waals surface area contributed by atoms with Gasteiger partial charge in [-0.25, -0.2) is 9.18 Å². The van der Waals surface area contributed by atoms with Crippen LogP contribution in [0.2, 0.25) is 0 Å². The van der Waals surface area contributed by atoms with Crippen LogP contribution in [0.3, 0.4) is 0 Å². The van der Waals surface area contributed by atoms with E-state index in [1.165, 1.54) is 16.7 Å². The summed E-state index contributed by atoms with van der Waals surface area (Å²) in [5.41, 5.74) is 1.35. The Labute approximate surface area is 126 Å². The minimum absolute atomic E-state index is 0.0488. The number of aryl methyl sites for hydroxylation is 2. The van der Waals surface area contributed by atoms with Crippen LogP contribution in [0.4, 0.5) is 4.39 Å². The third-order valence-corrected chi connectivity index (χ3v) is 3.74. The molecule has 0 saturated carbocycles. The predicted octanol–water partition coefficient (Wildman–Crippen LogP) is 2.20. The van der Waals surface area contributed by atoms with Gasteiger partial charge in [0.1, 0.15) is 5.82 Å². The van der Waals surface area contributed by atoms with E-state index in [1.807, 2.05) is 13.0 Å². The first-order valence-corrected chi connectivity index (χ1v) is 6.92. The van der Waals surface area contributed by atoms with Gasteiger partial charge in [0, 0.05) is 7.05 Å². The van der Waals surface area contributed by atoms with E-state index in [-0.39, 0.29) is 17.9 Å². The lowest BCUT2D eigenvalue weighted by Gasteiger charge is -2.11. The largest absolute Gasteiger partial charge is 0.331 e. The highest BCUT2D eigenvalue weighted by atomic mass is 19.1. The number of halogens is 1. The lowest BCUT2D eigenvalue weighted by atomic mass is 10.1. The lowest BCUT2D eigenvalue weighted by molar-refractivity contribution is 0.617. The fourth-order valence-electron chi connectivity index (χ4n) is 2.59. The van der Waals surface area contributed by atoms with Crippen LogP contribution in [0.5, 0.6) is 0 Å². The molecule has 0 atom stereocenters. The molecule has 0 aliphatic heterocycles. The van der Waals surface area contributed by atoms with E-state index in [0.29, 0.717) is 16.5 Å². The molecular formula is C17H15FN2O2. The van der Waals surface area contributed by atoms with Crippen molar-refractivity contribution in [2.24, 2.45) is 7.05 Å². The topological polar surface area (TPSA) is 44.0 Å². The average molecular weight is 298 g/mol. The third kappa shape index (κ3) is 2.35. The van der Waals surface area contributed by atoms with Crippen LogP contribution in [0.25, 0.3) is 10.9 Å². The first-order valence-electron chi connectivity index (χ1n) is 6.92. The number of rotatable bonds is 2. The molecule has 112 valence electrons. The highest BCUT2D eigenvalue weighted by molar-refractivity contribution is 5.78. The Hall–Kier alpha value is -2.69. The Morgan fingerprint density at radius 2 is 1.86 bits per heavy atom. The number of nitrogens with zero attached hydrogens (tertiary/aromatic N) is 2. The summed E-state index contributed by atoms with van der Waals surface area (Å²) >= 11 is 0. The van der Waals surface area contributed by atoms with Crippen LogP contribution in [0.1, 0.15) is 11.1 Å². The first kappa shape index (κ1) is 14.3. The number of aromatic nitrogens is 2. The maximum atomic E-state index is 13.3. The normalized spacial score (nSPS) is 11.0. The minimum atomic E-state index is -0.411. The van der Waals surface area contributed by atoms with Crippen LogP contribution < -0.4 is 11.2 Å². The summed E-state index contributed by atoms with van der Waals surface area (Å²) < 4.78 is 15.9. The zero-order valence-electron chi connectivity index (χ0n) is 12.3. The van der Waals surface area contributed by atoms with Crippen molar-refractivity contribution in [1.29, 1.82) is 0 Å². The molecule has 1 heterocycles. The first-order chi connectivity index (χ1) is 10.5. The van der Waals surface area contributed by atoms with Gasteiger partial charge < -0.3 is 0 Å². The Bertz CT molecular complexity index is 986. The molecular weight excluding hydrogens is 283 g/mol. The number of hydrogen-bond donors (Lipinski definition) is 0. The second kappa shape index (κ2) is 5.26. The van der Waals surface area contributed by atoms with Crippen LogP contribution in [-0.4, -0.2) is 9.13 Å². The zero-order valence-corrected chi connectivity index (χ0v) is 12.3. The quantitative estimate of drug-likeness (QED) is 0.728. The molecule has 0 spiro atoms. The molecule has 0 aliphatic carbocycles. The fourth-order valence-corrected chi connectivity index (χ4v) is 2.59. The number of fused-ring (bicyclic) bond motifs is 1. The van der Waals surface area contributed by atoms with Gasteiger partial charge in [-0.15, -0.1) is 0 Å². The molecule has 5 heteroatoms. The summed E-state index contributed by atoms with van der Waals surface area (Å²) in [5.74, 6) is -0.390. The molecule has 0 fully saturated rings. The smallest absolute Gasteiger partial charge is 0.296 e. The van der Waals surface area contributed by atoms with Gasteiger partial charge >= 0.3 is 5.69 Å². The van der Waals surface area contributed by atoms with Gasteiger partial charge in [-0.3, -0.25) is 13.9 Å². The molecule has 0 N–H and O–H groups in total. The summed E-state index contributed by atoms with van der Waals surface area (Å²) in [6.07, 6.45) is 0. The highest BCUT2D eigenvalue weighted by Gasteiger charge is 2.11. The van der Waals surface area contributed by atoms with Crippen LogP contribution in [-0.2, 0) is 13.6 Å². The molecule has 4 nitrogen and oxygen atoms in total. The Balaban J connectivity index is 2.26. The monoisotopic (exact) mass is 298 g/mol. The van der Waals surface area contributed by atoms with Crippen molar-refractivity contribution in [3.63, 3.8) is 0 Å². The van der Waals surface area contributed by atoms with Crippen molar-refractivity contribution in [3.05, 3.63) is 80.2 Å².